The molecule has 0 bridgehead atoms. The van der Waals surface area contributed by atoms with Gasteiger partial charge >= 0.3 is 18.1 Å². The highest BCUT2D eigenvalue weighted by Gasteiger charge is 2.44. The van der Waals surface area contributed by atoms with Gasteiger partial charge in [0.1, 0.15) is 5.75 Å². The minimum atomic E-state index is -4.89. The van der Waals surface area contributed by atoms with Crippen molar-refractivity contribution in [3.63, 3.8) is 0 Å². The Morgan fingerprint density at radius 2 is 1.81 bits per heavy atom. The van der Waals surface area contributed by atoms with E-state index in [1.54, 1.807) is 0 Å². The van der Waals surface area contributed by atoms with Crippen LogP contribution in [0.15, 0.2) is 24.3 Å². The fourth-order valence-electron chi connectivity index (χ4n) is 1.39. The summed E-state index contributed by atoms with van der Waals surface area (Å²) in [6, 6.07) is 4.47. The van der Waals surface area contributed by atoms with Gasteiger partial charge in [-0.1, -0.05) is 0 Å². The number of carbonyl (C=O) groups is 2. The molecule has 0 saturated heterocycles. The number of hydrogen-bond acceptors (Lipinski definition) is 5. The quantitative estimate of drug-likeness (QED) is 0.846. The van der Waals surface area contributed by atoms with Gasteiger partial charge in [-0.05, 0) is 31.2 Å². The van der Waals surface area contributed by atoms with Crippen LogP contribution in [-0.4, -0.2) is 35.9 Å². The third-order valence-electron chi connectivity index (χ3n) is 2.37. The maximum atomic E-state index is 12.7. The zero-order valence-electron chi connectivity index (χ0n) is 11.0. The van der Waals surface area contributed by atoms with Crippen molar-refractivity contribution in [2.24, 2.45) is 0 Å². The van der Waals surface area contributed by atoms with Gasteiger partial charge in [0.05, 0.1) is 18.6 Å². The number of alkyl halides is 3. The topological polar surface area (TPSA) is 72.8 Å². The molecular formula is C13H13F3O5. The standard InChI is InChI=1S/C13H13F3O5/c1-2-20-11(18)7-10(13(14,15)16)21-12(19)8-3-5-9(17)6-4-8/h3-6,10,17H,2,7H2,1H3/t10-/m1/s1. The first-order valence-corrected chi connectivity index (χ1v) is 5.96. The molecule has 1 aromatic carbocycles. The summed E-state index contributed by atoms with van der Waals surface area (Å²) in [5.41, 5.74) is -0.175. The SMILES string of the molecule is CCOC(=O)C[C@@H](OC(=O)c1ccc(O)cc1)C(F)(F)F. The Bertz CT molecular complexity index is 496. The molecule has 0 heterocycles. The molecule has 0 radical (unpaired) electrons. The summed E-state index contributed by atoms with van der Waals surface area (Å²) in [7, 11) is 0. The predicted molar refractivity (Wildman–Crippen MR) is 64.6 cm³/mol. The van der Waals surface area contributed by atoms with Gasteiger partial charge in [-0.15, -0.1) is 0 Å². The molecule has 1 N–H and O–H groups in total. The second kappa shape index (κ2) is 6.96. The second-order valence-corrected chi connectivity index (χ2v) is 3.99. The number of phenolic OH excluding ortho intramolecular Hbond substituents is 1. The van der Waals surface area contributed by atoms with Crippen molar-refractivity contribution in [2.75, 3.05) is 6.61 Å². The molecule has 0 aliphatic rings. The molecule has 1 aromatic rings. The first-order chi connectivity index (χ1) is 9.74. The lowest BCUT2D eigenvalue weighted by molar-refractivity contribution is -0.209. The van der Waals surface area contributed by atoms with Crippen LogP contribution in [0.1, 0.15) is 23.7 Å². The van der Waals surface area contributed by atoms with E-state index in [4.69, 9.17) is 5.11 Å². The second-order valence-electron chi connectivity index (χ2n) is 3.99. The number of ether oxygens (including phenoxy) is 2. The zero-order chi connectivity index (χ0) is 16.0. The van der Waals surface area contributed by atoms with Crippen LogP contribution in [0.5, 0.6) is 5.75 Å². The number of hydrogen-bond donors (Lipinski definition) is 1. The number of halogens is 3. The van der Waals surface area contributed by atoms with E-state index in [2.05, 4.69) is 9.47 Å². The number of rotatable bonds is 5. The predicted octanol–water partition coefficient (Wildman–Crippen LogP) is 2.43. The van der Waals surface area contributed by atoms with Crippen LogP contribution in [0.25, 0.3) is 0 Å². The van der Waals surface area contributed by atoms with E-state index in [-0.39, 0.29) is 17.9 Å². The van der Waals surface area contributed by atoms with Gasteiger partial charge in [-0.2, -0.15) is 13.2 Å². The van der Waals surface area contributed by atoms with Crippen LogP contribution < -0.4 is 0 Å². The van der Waals surface area contributed by atoms with Gasteiger partial charge < -0.3 is 14.6 Å². The van der Waals surface area contributed by atoms with Crippen LogP contribution >= 0.6 is 0 Å². The Morgan fingerprint density at radius 3 is 2.29 bits per heavy atom. The summed E-state index contributed by atoms with van der Waals surface area (Å²) in [6.07, 6.45) is -8.58. The third kappa shape index (κ3) is 5.33. The average Bonchev–Trinajstić information content (AvgIpc) is 2.37. The Morgan fingerprint density at radius 1 is 1.24 bits per heavy atom. The molecule has 1 rings (SSSR count). The molecular weight excluding hydrogens is 293 g/mol. The normalized spacial score (nSPS) is 12.6. The van der Waals surface area contributed by atoms with Gasteiger partial charge in [-0.25, -0.2) is 4.79 Å². The first-order valence-electron chi connectivity index (χ1n) is 5.96. The average molecular weight is 306 g/mol. The Kier molecular flexibility index (Phi) is 5.57. The molecule has 8 heteroatoms. The summed E-state index contributed by atoms with van der Waals surface area (Å²) in [5.74, 6) is -2.51. The van der Waals surface area contributed by atoms with Crippen molar-refractivity contribution >= 4 is 11.9 Å². The smallest absolute Gasteiger partial charge is 0.426 e. The molecule has 0 unspecified atom stereocenters. The first kappa shape index (κ1) is 16.8. The zero-order valence-corrected chi connectivity index (χ0v) is 11.0. The van der Waals surface area contributed by atoms with Crippen molar-refractivity contribution in [2.45, 2.75) is 25.6 Å². The summed E-state index contributed by atoms with van der Waals surface area (Å²) >= 11 is 0. The van der Waals surface area contributed by atoms with Crippen LogP contribution in [0.2, 0.25) is 0 Å². The van der Waals surface area contributed by atoms with Crippen LogP contribution in [0.3, 0.4) is 0 Å². The molecule has 0 fully saturated rings. The number of carbonyl (C=O) groups excluding carboxylic acids is 2. The Hall–Kier alpha value is -2.25. The maximum absolute atomic E-state index is 12.7. The lowest BCUT2D eigenvalue weighted by atomic mass is 10.2. The van der Waals surface area contributed by atoms with E-state index < -0.39 is 30.6 Å². The largest absolute Gasteiger partial charge is 0.508 e. The number of aromatic hydroxyl groups is 1. The summed E-state index contributed by atoms with van der Waals surface area (Å²) in [4.78, 5) is 22.7. The lowest BCUT2D eigenvalue weighted by Crippen LogP contribution is -2.36. The molecule has 0 spiro atoms. The van der Waals surface area contributed by atoms with Crippen molar-refractivity contribution in [1.29, 1.82) is 0 Å². The molecule has 0 saturated carbocycles. The fourth-order valence-corrected chi connectivity index (χ4v) is 1.39. The van der Waals surface area contributed by atoms with Gasteiger partial charge in [0, 0.05) is 0 Å². The molecule has 116 valence electrons. The van der Waals surface area contributed by atoms with Gasteiger partial charge in [0.25, 0.3) is 0 Å². The summed E-state index contributed by atoms with van der Waals surface area (Å²) in [5, 5.41) is 9.03. The molecule has 0 aromatic heterocycles. The minimum Gasteiger partial charge on any atom is -0.508 e. The van der Waals surface area contributed by atoms with E-state index in [1.807, 2.05) is 0 Å². The molecule has 0 amide bonds. The molecule has 5 nitrogen and oxygen atoms in total. The van der Waals surface area contributed by atoms with Crippen molar-refractivity contribution in [3.8, 4) is 5.75 Å². The van der Waals surface area contributed by atoms with Crippen LogP contribution in [0, 0.1) is 0 Å². The third-order valence-corrected chi connectivity index (χ3v) is 2.37. The maximum Gasteiger partial charge on any atom is 0.426 e. The number of phenols is 1. The molecule has 21 heavy (non-hydrogen) atoms. The highest BCUT2D eigenvalue weighted by atomic mass is 19.4. The number of esters is 2. The highest BCUT2D eigenvalue weighted by molar-refractivity contribution is 5.89. The van der Waals surface area contributed by atoms with Crippen molar-refractivity contribution < 1.29 is 37.3 Å². The van der Waals surface area contributed by atoms with Gasteiger partial charge in [-0.3, -0.25) is 4.79 Å². The monoisotopic (exact) mass is 306 g/mol. The molecule has 0 aliphatic heterocycles. The Labute approximate surface area is 118 Å². The summed E-state index contributed by atoms with van der Waals surface area (Å²) in [6.45, 7) is 1.37. The highest BCUT2D eigenvalue weighted by Crippen LogP contribution is 2.27. The molecule has 0 aliphatic carbocycles. The van der Waals surface area contributed by atoms with Crippen LogP contribution in [-0.2, 0) is 14.3 Å². The molecule has 1 atom stereocenters. The lowest BCUT2D eigenvalue weighted by Gasteiger charge is -2.19. The van der Waals surface area contributed by atoms with E-state index in [0.29, 0.717) is 0 Å². The Balaban J connectivity index is 2.79. The van der Waals surface area contributed by atoms with Crippen LogP contribution in [0.4, 0.5) is 13.2 Å². The van der Waals surface area contributed by atoms with Gasteiger partial charge in [0.2, 0.25) is 6.10 Å². The fraction of sp³-hybridized carbons (Fsp3) is 0.385. The summed E-state index contributed by atoms with van der Waals surface area (Å²) < 4.78 is 46.9. The minimum absolute atomic E-state index is 0.0741. The van der Waals surface area contributed by atoms with Crippen molar-refractivity contribution in [3.05, 3.63) is 29.8 Å². The van der Waals surface area contributed by atoms with E-state index in [0.717, 1.165) is 24.3 Å². The van der Waals surface area contributed by atoms with E-state index in [9.17, 15) is 22.8 Å². The van der Waals surface area contributed by atoms with Crippen molar-refractivity contribution in [1.82, 2.24) is 0 Å². The van der Waals surface area contributed by atoms with Gasteiger partial charge in [0.15, 0.2) is 0 Å². The van der Waals surface area contributed by atoms with E-state index in [1.165, 1.54) is 6.92 Å². The number of benzene rings is 1. The van der Waals surface area contributed by atoms with E-state index >= 15 is 0 Å².